The molecule has 0 amide bonds. The van der Waals surface area contributed by atoms with E-state index in [2.05, 4.69) is 0 Å². The highest BCUT2D eigenvalue weighted by Gasteiger charge is 2.35. The Labute approximate surface area is 111 Å². The van der Waals surface area contributed by atoms with Crippen molar-refractivity contribution in [2.45, 2.75) is 56.8 Å². The lowest BCUT2D eigenvalue weighted by atomic mass is 9.82. The average Bonchev–Trinajstić information content (AvgIpc) is 2.91. The number of rotatable bonds is 4. The number of carbonyl (C=O) groups excluding carboxylic acids is 1. The molecule has 0 aliphatic heterocycles. The summed E-state index contributed by atoms with van der Waals surface area (Å²) in [5.41, 5.74) is 0.419. The van der Waals surface area contributed by atoms with Gasteiger partial charge < -0.3 is 9.52 Å². The number of aromatic carboxylic acids is 1. The normalized spacial score (nSPS) is 20.4. The van der Waals surface area contributed by atoms with Crippen molar-refractivity contribution in [1.82, 2.24) is 0 Å². The Bertz CT molecular complexity index is 504. The van der Waals surface area contributed by atoms with Crippen molar-refractivity contribution >= 4 is 12.3 Å². The van der Waals surface area contributed by atoms with Gasteiger partial charge in [0.1, 0.15) is 17.1 Å². The number of carbonyl (C=O) groups is 2. The lowest BCUT2D eigenvalue weighted by Gasteiger charge is -2.23. The Kier molecular flexibility index (Phi) is 3.17. The van der Waals surface area contributed by atoms with Crippen LogP contribution in [0.25, 0.3) is 0 Å². The molecule has 0 saturated heterocycles. The molecule has 2 saturated carbocycles. The van der Waals surface area contributed by atoms with Crippen molar-refractivity contribution in [2.75, 3.05) is 0 Å². The van der Waals surface area contributed by atoms with Crippen LogP contribution in [0.1, 0.15) is 89.0 Å². The summed E-state index contributed by atoms with van der Waals surface area (Å²) in [7, 11) is 0. The van der Waals surface area contributed by atoms with Gasteiger partial charge in [0.15, 0.2) is 6.29 Å². The number of hydrogen-bond donors (Lipinski definition) is 1. The van der Waals surface area contributed by atoms with Crippen LogP contribution >= 0.6 is 0 Å². The quantitative estimate of drug-likeness (QED) is 0.840. The molecule has 2 aliphatic carbocycles. The molecule has 0 aromatic carbocycles. The van der Waals surface area contributed by atoms with Crippen molar-refractivity contribution in [3.8, 4) is 0 Å². The fraction of sp³-hybridized carbons (Fsp3) is 0.600. The highest BCUT2D eigenvalue weighted by atomic mass is 16.4. The van der Waals surface area contributed by atoms with E-state index in [4.69, 9.17) is 4.42 Å². The highest BCUT2D eigenvalue weighted by molar-refractivity contribution is 5.99. The number of carboxylic acids is 1. The van der Waals surface area contributed by atoms with E-state index in [0.29, 0.717) is 23.4 Å². The summed E-state index contributed by atoms with van der Waals surface area (Å²) in [6, 6.07) is 0. The molecule has 102 valence electrons. The Morgan fingerprint density at radius 2 is 1.63 bits per heavy atom. The van der Waals surface area contributed by atoms with Crippen LogP contribution in [-0.4, -0.2) is 17.4 Å². The third-order valence-corrected chi connectivity index (χ3v) is 4.53. The van der Waals surface area contributed by atoms with Crippen molar-refractivity contribution in [2.24, 2.45) is 0 Å². The third kappa shape index (κ3) is 1.99. The van der Waals surface area contributed by atoms with Crippen molar-refractivity contribution in [3.05, 3.63) is 22.6 Å². The van der Waals surface area contributed by atoms with Crippen molar-refractivity contribution in [1.29, 1.82) is 0 Å². The van der Waals surface area contributed by atoms with Gasteiger partial charge in [-0.2, -0.15) is 0 Å². The molecule has 0 unspecified atom stereocenters. The summed E-state index contributed by atoms with van der Waals surface area (Å²) in [6.07, 6.45) is 7.95. The molecular formula is C15H18O4. The van der Waals surface area contributed by atoms with Crippen LogP contribution < -0.4 is 0 Å². The van der Waals surface area contributed by atoms with Gasteiger partial charge in [-0.25, -0.2) is 4.79 Å². The molecule has 0 radical (unpaired) electrons. The van der Waals surface area contributed by atoms with E-state index in [1.54, 1.807) is 0 Å². The minimum atomic E-state index is -1.03. The van der Waals surface area contributed by atoms with Crippen LogP contribution in [0.4, 0.5) is 0 Å². The van der Waals surface area contributed by atoms with Crippen LogP contribution in [0.2, 0.25) is 0 Å². The SMILES string of the molecule is O=Cc1c(C2CCC2)oc(C2CCCC2)c1C(=O)O. The second-order valence-corrected chi connectivity index (χ2v) is 5.65. The number of carboxylic acid groups (broad SMARTS) is 1. The smallest absolute Gasteiger partial charge is 0.340 e. The zero-order valence-electron chi connectivity index (χ0n) is 10.9. The predicted molar refractivity (Wildman–Crippen MR) is 68.9 cm³/mol. The second-order valence-electron chi connectivity index (χ2n) is 5.65. The Morgan fingerprint density at radius 3 is 2.11 bits per heavy atom. The van der Waals surface area contributed by atoms with Crippen LogP contribution in [0, 0.1) is 0 Å². The molecule has 1 aromatic rings. The molecular weight excluding hydrogens is 244 g/mol. The van der Waals surface area contributed by atoms with Crippen molar-refractivity contribution < 1.29 is 19.1 Å². The van der Waals surface area contributed by atoms with E-state index in [-0.39, 0.29) is 17.4 Å². The van der Waals surface area contributed by atoms with E-state index in [9.17, 15) is 14.7 Å². The third-order valence-electron chi connectivity index (χ3n) is 4.53. The van der Waals surface area contributed by atoms with Gasteiger partial charge in [0, 0.05) is 11.8 Å². The molecule has 1 heterocycles. The summed E-state index contributed by atoms with van der Waals surface area (Å²) in [5, 5.41) is 9.40. The number of furan rings is 1. The van der Waals surface area contributed by atoms with Gasteiger partial charge in [-0.15, -0.1) is 0 Å². The molecule has 1 aromatic heterocycles. The van der Waals surface area contributed by atoms with Gasteiger partial charge in [0.25, 0.3) is 0 Å². The van der Waals surface area contributed by atoms with Crippen LogP contribution in [0.5, 0.6) is 0 Å². The van der Waals surface area contributed by atoms with E-state index in [0.717, 1.165) is 44.9 Å². The van der Waals surface area contributed by atoms with E-state index >= 15 is 0 Å². The van der Waals surface area contributed by atoms with Gasteiger partial charge in [0.2, 0.25) is 0 Å². The maximum atomic E-state index is 11.5. The topological polar surface area (TPSA) is 67.5 Å². The first-order valence-corrected chi connectivity index (χ1v) is 7.07. The van der Waals surface area contributed by atoms with Gasteiger partial charge in [-0.1, -0.05) is 19.3 Å². The molecule has 2 fully saturated rings. The molecule has 4 nitrogen and oxygen atoms in total. The molecule has 0 spiro atoms. The summed E-state index contributed by atoms with van der Waals surface area (Å²) in [5.74, 6) is 0.569. The minimum absolute atomic E-state index is 0.129. The Hall–Kier alpha value is -1.58. The molecule has 0 bridgehead atoms. The summed E-state index contributed by atoms with van der Waals surface area (Å²) in [4.78, 5) is 22.8. The average molecular weight is 262 g/mol. The number of aldehydes is 1. The lowest BCUT2D eigenvalue weighted by Crippen LogP contribution is -2.10. The largest absolute Gasteiger partial charge is 0.478 e. The second kappa shape index (κ2) is 4.83. The maximum Gasteiger partial charge on any atom is 0.340 e. The van der Waals surface area contributed by atoms with Gasteiger partial charge in [-0.3, -0.25) is 4.79 Å². The van der Waals surface area contributed by atoms with Crippen LogP contribution in [0.15, 0.2) is 4.42 Å². The zero-order chi connectivity index (χ0) is 13.4. The fourth-order valence-corrected chi connectivity index (χ4v) is 3.27. The molecule has 0 atom stereocenters. The first kappa shape index (κ1) is 12.5. The molecule has 4 heteroatoms. The monoisotopic (exact) mass is 262 g/mol. The molecule has 3 rings (SSSR count). The van der Waals surface area contributed by atoms with Crippen LogP contribution in [-0.2, 0) is 0 Å². The Balaban J connectivity index is 2.08. The molecule has 19 heavy (non-hydrogen) atoms. The van der Waals surface area contributed by atoms with Crippen LogP contribution in [0.3, 0.4) is 0 Å². The highest BCUT2D eigenvalue weighted by Crippen LogP contribution is 2.44. The Morgan fingerprint density at radius 1 is 1.05 bits per heavy atom. The summed E-state index contributed by atoms with van der Waals surface area (Å²) >= 11 is 0. The van der Waals surface area contributed by atoms with E-state index in [1.807, 2.05) is 0 Å². The molecule has 2 aliphatic rings. The molecule has 1 N–H and O–H groups in total. The first-order chi connectivity index (χ1) is 9.22. The standard InChI is InChI=1S/C15H18O4/c16-8-11-12(15(17)18)14(10-4-1-2-5-10)19-13(11)9-6-3-7-9/h8-10H,1-7H2,(H,17,18). The summed E-state index contributed by atoms with van der Waals surface area (Å²) in [6.45, 7) is 0. The van der Waals surface area contributed by atoms with Crippen molar-refractivity contribution in [3.63, 3.8) is 0 Å². The fourth-order valence-electron chi connectivity index (χ4n) is 3.27. The zero-order valence-corrected chi connectivity index (χ0v) is 10.9. The summed E-state index contributed by atoms with van der Waals surface area (Å²) < 4.78 is 5.87. The van der Waals surface area contributed by atoms with Gasteiger partial charge >= 0.3 is 5.97 Å². The lowest BCUT2D eigenvalue weighted by molar-refractivity contribution is 0.0691. The van der Waals surface area contributed by atoms with E-state index in [1.165, 1.54) is 0 Å². The predicted octanol–water partition coefficient (Wildman–Crippen LogP) is 3.72. The maximum absolute atomic E-state index is 11.5. The van der Waals surface area contributed by atoms with Gasteiger partial charge in [-0.05, 0) is 25.7 Å². The van der Waals surface area contributed by atoms with Gasteiger partial charge in [0.05, 0.1) is 5.56 Å². The minimum Gasteiger partial charge on any atom is -0.478 e. The van der Waals surface area contributed by atoms with E-state index < -0.39 is 5.97 Å². The first-order valence-electron chi connectivity index (χ1n) is 7.07. The number of hydrogen-bond acceptors (Lipinski definition) is 3.